The number of carbonyl (C=O) groups is 1. The van der Waals surface area contributed by atoms with Crippen LogP contribution in [0.25, 0.3) is 0 Å². The lowest BCUT2D eigenvalue weighted by molar-refractivity contribution is -0.214. The Morgan fingerprint density at radius 2 is 1.67 bits per heavy atom. The molecule has 0 saturated carbocycles. The maximum atomic E-state index is 12.4. The van der Waals surface area contributed by atoms with Crippen LogP contribution in [0.3, 0.4) is 0 Å². The van der Waals surface area contributed by atoms with Crippen LogP contribution < -0.4 is 5.32 Å². The lowest BCUT2D eigenvalue weighted by Crippen LogP contribution is -2.53. The maximum absolute atomic E-state index is 12.4. The summed E-state index contributed by atoms with van der Waals surface area (Å²) in [5.74, 6) is -0.589. The molecule has 0 aromatic rings. The standard InChI is InChI=1S/C11H20F3NO3/c1-6(2)7(8(16)11(12,13)14)15-9(17)18-10(3,4)5/h6-8,16H,1-5H3,(H,15,17)/t7-,8+/m1/s1. The van der Waals surface area contributed by atoms with Gasteiger partial charge in [0.1, 0.15) is 5.60 Å². The predicted molar refractivity (Wildman–Crippen MR) is 60.1 cm³/mol. The van der Waals surface area contributed by atoms with Crippen LogP contribution in [0.1, 0.15) is 34.6 Å². The highest BCUT2D eigenvalue weighted by atomic mass is 19.4. The van der Waals surface area contributed by atoms with Crippen molar-refractivity contribution in [3.05, 3.63) is 0 Å². The molecule has 0 unspecified atom stereocenters. The Balaban J connectivity index is 4.70. The van der Waals surface area contributed by atoms with Crippen molar-refractivity contribution in [2.24, 2.45) is 5.92 Å². The number of nitrogens with one attached hydrogen (secondary N) is 1. The molecule has 0 heterocycles. The lowest BCUT2D eigenvalue weighted by atomic mass is 9.98. The number of alkyl halides is 3. The predicted octanol–water partition coefficient (Wildman–Crippen LogP) is 2.46. The summed E-state index contributed by atoms with van der Waals surface area (Å²) < 4.78 is 42.1. The first-order valence-corrected chi connectivity index (χ1v) is 5.59. The molecule has 0 aliphatic carbocycles. The average Bonchev–Trinajstić information content (AvgIpc) is 2.08. The number of amides is 1. The van der Waals surface area contributed by atoms with Gasteiger partial charge in [-0.3, -0.25) is 0 Å². The van der Waals surface area contributed by atoms with Crippen molar-refractivity contribution in [3.63, 3.8) is 0 Å². The van der Waals surface area contributed by atoms with Gasteiger partial charge in [0.15, 0.2) is 6.10 Å². The molecule has 0 aliphatic rings. The Kier molecular flexibility index (Phi) is 5.46. The fourth-order valence-electron chi connectivity index (χ4n) is 1.26. The van der Waals surface area contributed by atoms with E-state index in [1.54, 1.807) is 20.8 Å². The number of aliphatic hydroxyl groups excluding tert-OH is 1. The van der Waals surface area contributed by atoms with Crippen molar-refractivity contribution < 1.29 is 27.8 Å². The number of ether oxygens (including phenoxy) is 1. The molecule has 108 valence electrons. The van der Waals surface area contributed by atoms with E-state index >= 15 is 0 Å². The Labute approximate surface area is 105 Å². The number of carbonyl (C=O) groups excluding carboxylic acids is 1. The van der Waals surface area contributed by atoms with E-state index < -0.39 is 35.9 Å². The third-order valence-electron chi connectivity index (χ3n) is 2.08. The summed E-state index contributed by atoms with van der Waals surface area (Å²) in [6, 6.07) is -1.44. The van der Waals surface area contributed by atoms with Gasteiger partial charge in [-0.25, -0.2) is 4.79 Å². The van der Waals surface area contributed by atoms with Gasteiger partial charge in [-0.2, -0.15) is 13.2 Å². The van der Waals surface area contributed by atoms with Gasteiger partial charge in [0, 0.05) is 0 Å². The van der Waals surface area contributed by atoms with Crippen LogP contribution >= 0.6 is 0 Å². The molecule has 0 aromatic carbocycles. The number of hydrogen-bond acceptors (Lipinski definition) is 3. The first kappa shape index (κ1) is 17.0. The summed E-state index contributed by atoms with van der Waals surface area (Å²) in [6.45, 7) is 7.72. The number of alkyl carbamates (subject to hydrolysis) is 1. The van der Waals surface area contributed by atoms with Crippen molar-refractivity contribution in [1.82, 2.24) is 5.32 Å². The van der Waals surface area contributed by atoms with Crippen molar-refractivity contribution >= 4 is 6.09 Å². The van der Waals surface area contributed by atoms with Crippen LogP contribution in [0.15, 0.2) is 0 Å². The van der Waals surface area contributed by atoms with Crippen LogP contribution in [0.4, 0.5) is 18.0 Å². The van der Waals surface area contributed by atoms with Gasteiger partial charge in [-0.05, 0) is 26.7 Å². The van der Waals surface area contributed by atoms with Crippen LogP contribution in [0.2, 0.25) is 0 Å². The summed E-state index contributed by atoms with van der Waals surface area (Å²) in [7, 11) is 0. The second-order valence-electron chi connectivity index (χ2n) is 5.40. The summed E-state index contributed by atoms with van der Waals surface area (Å²) >= 11 is 0. The molecule has 0 bridgehead atoms. The van der Waals surface area contributed by atoms with E-state index in [2.05, 4.69) is 0 Å². The Bertz CT molecular complexity index is 284. The van der Waals surface area contributed by atoms with Crippen LogP contribution in [0.5, 0.6) is 0 Å². The third-order valence-corrected chi connectivity index (χ3v) is 2.08. The first-order chi connectivity index (χ1) is 7.84. The Hall–Kier alpha value is -0.980. The second-order valence-corrected chi connectivity index (χ2v) is 5.40. The maximum Gasteiger partial charge on any atom is 0.416 e. The smallest absolute Gasteiger partial charge is 0.416 e. The molecular weight excluding hydrogens is 251 g/mol. The minimum Gasteiger partial charge on any atom is -0.444 e. The summed E-state index contributed by atoms with van der Waals surface area (Å²) in [5.41, 5.74) is -0.811. The highest BCUT2D eigenvalue weighted by Gasteiger charge is 2.45. The average molecular weight is 271 g/mol. The zero-order valence-corrected chi connectivity index (χ0v) is 11.1. The largest absolute Gasteiger partial charge is 0.444 e. The molecule has 2 atom stereocenters. The molecule has 0 saturated heterocycles. The SMILES string of the molecule is CC(C)[C@@H](NC(=O)OC(C)(C)C)[C@H](O)C(F)(F)F. The molecule has 4 nitrogen and oxygen atoms in total. The van der Waals surface area contributed by atoms with Gasteiger partial charge in [0.2, 0.25) is 0 Å². The van der Waals surface area contributed by atoms with E-state index in [1.807, 2.05) is 5.32 Å². The van der Waals surface area contributed by atoms with Crippen molar-refractivity contribution in [2.45, 2.75) is 58.5 Å². The van der Waals surface area contributed by atoms with E-state index in [9.17, 15) is 18.0 Å². The third kappa shape index (κ3) is 6.09. The number of hydrogen-bond donors (Lipinski definition) is 2. The highest BCUT2D eigenvalue weighted by molar-refractivity contribution is 5.68. The summed E-state index contributed by atoms with van der Waals surface area (Å²) in [6.07, 6.45) is -8.39. The molecule has 0 aromatic heterocycles. The molecule has 7 heteroatoms. The van der Waals surface area contributed by atoms with Gasteiger partial charge >= 0.3 is 12.3 Å². The van der Waals surface area contributed by atoms with Gasteiger partial charge in [-0.1, -0.05) is 13.8 Å². The molecule has 0 rings (SSSR count). The quantitative estimate of drug-likeness (QED) is 0.829. The van der Waals surface area contributed by atoms with E-state index in [4.69, 9.17) is 9.84 Å². The second kappa shape index (κ2) is 5.77. The van der Waals surface area contributed by atoms with Gasteiger partial charge in [0.05, 0.1) is 6.04 Å². The first-order valence-electron chi connectivity index (χ1n) is 5.59. The highest BCUT2D eigenvalue weighted by Crippen LogP contribution is 2.25. The van der Waals surface area contributed by atoms with Crippen LogP contribution in [-0.4, -0.2) is 35.1 Å². The number of halogens is 3. The Morgan fingerprint density at radius 1 is 1.22 bits per heavy atom. The normalized spacial score (nSPS) is 16.3. The van der Waals surface area contributed by atoms with Crippen molar-refractivity contribution in [2.75, 3.05) is 0 Å². The molecule has 0 aliphatic heterocycles. The van der Waals surface area contributed by atoms with E-state index in [-0.39, 0.29) is 0 Å². The van der Waals surface area contributed by atoms with Crippen LogP contribution in [-0.2, 0) is 4.74 Å². The fraction of sp³-hybridized carbons (Fsp3) is 0.909. The fourth-order valence-corrected chi connectivity index (χ4v) is 1.26. The van der Waals surface area contributed by atoms with Gasteiger partial charge in [-0.15, -0.1) is 0 Å². The Morgan fingerprint density at radius 3 is 1.94 bits per heavy atom. The molecule has 1 amide bonds. The van der Waals surface area contributed by atoms with E-state index in [0.29, 0.717) is 0 Å². The minimum atomic E-state index is -4.79. The van der Waals surface area contributed by atoms with Crippen LogP contribution in [0, 0.1) is 5.92 Å². The van der Waals surface area contributed by atoms with E-state index in [1.165, 1.54) is 13.8 Å². The number of rotatable bonds is 3. The minimum absolute atomic E-state index is 0.589. The lowest BCUT2D eigenvalue weighted by Gasteiger charge is -2.30. The topological polar surface area (TPSA) is 58.6 Å². The van der Waals surface area contributed by atoms with Gasteiger partial charge < -0.3 is 15.2 Å². The monoisotopic (exact) mass is 271 g/mol. The molecule has 18 heavy (non-hydrogen) atoms. The van der Waals surface area contributed by atoms with Crippen molar-refractivity contribution in [3.8, 4) is 0 Å². The molecular formula is C11H20F3NO3. The summed E-state index contributed by atoms with van der Waals surface area (Å²) in [4.78, 5) is 11.4. The molecule has 0 spiro atoms. The number of aliphatic hydroxyl groups is 1. The van der Waals surface area contributed by atoms with Crippen molar-refractivity contribution in [1.29, 1.82) is 0 Å². The molecule has 2 N–H and O–H groups in total. The van der Waals surface area contributed by atoms with E-state index in [0.717, 1.165) is 0 Å². The molecule has 0 radical (unpaired) electrons. The molecule has 0 fully saturated rings. The van der Waals surface area contributed by atoms with Gasteiger partial charge in [0.25, 0.3) is 0 Å². The zero-order valence-electron chi connectivity index (χ0n) is 11.1. The zero-order chi connectivity index (χ0) is 14.7. The summed E-state index contributed by atoms with van der Waals surface area (Å²) in [5, 5.41) is 11.2.